The Hall–Kier alpha value is -1.47. The molecular formula is C10H19N5O2. The molecule has 0 saturated carbocycles. The second-order valence-electron chi connectivity index (χ2n) is 4.52. The van der Waals surface area contributed by atoms with Crippen LogP contribution < -0.4 is 11.1 Å². The first-order chi connectivity index (χ1) is 7.90. The maximum Gasteiger partial charge on any atom is 0.234 e. The molecule has 17 heavy (non-hydrogen) atoms. The van der Waals surface area contributed by atoms with Crippen LogP contribution in [0.1, 0.15) is 26.0 Å². The Kier molecular flexibility index (Phi) is 4.59. The summed E-state index contributed by atoms with van der Waals surface area (Å²) in [6, 6.07) is 0. The fourth-order valence-electron chi connectivity index (χ4n) is 1.18. The number of aliphatic hydroxyl groups is 1. The van der Waals surface area contributed by atoms with E-state index in [-0.39, 0.29) is 12.5 Å². The monoisotopic (exact) mass is 241 g/mol. The van der Waals surface area contributed by atoms with E-state index in [0.29, 0.717) is 25.2 Å². The molecule has 96 valence electrons. The van der Waals surface area contributed by atoms with Gasteiger partial charge in [-0.25, -0.2) is 0 Å². The number of hydrogen-bond acceptors (Lipinski definition) is 5. The van der Waals surface area contributed by atoms with E-state index in [0.717, 1.165) is 0 Å². The molecule has 0 spiro atoms. The summed E-state index contributed by atoms with van der Waals surface area (Å²) in [6.07, 6.45) is 2.33. The summed E-state index contributed by atoms with van der Waals surface area (Å²) in [5.74, 6) is -0.226. The molecule has 0 bridgehead atoms. The first-order valence-corrected chi connectivity index (χ1v) is 5.49. The number of hydrogen-bond donors (Lipinski definition) is 3. The molecule has 0 unspecified atom stereocenters. The number of nitrogens with one attached hydrogen (secondary N) is 1. The lowest BCUT2D eigenvalue weighted by Gasteiger charge is -2.15. The smallest absolute Gasteiger partial charge is 0.234 e. The molecule has 7 heteroatoms. The summed E-state index contributed by atoms with van der Waals surface area (Å²) in [6.45, 7) is 4.35. The molecular weight excluding hydrogens is 222 g/mol. The normalized spacial score (nSPS) is 11.5. The van der Waals surface area contributed by atoms with Crippen molar-refractivity contribution in [3.8, 4) is 0 Å². The lowest BCUT2D eigenvalue weighted by Crippen LogP contribution is -2.29. The molecule has 0 aromatic carbocycles. The molecule has 0 aliphatic heterocycles. The van der Waals surface area contributed by atoms with Crippen LogP contribution in [-0.2, 0) is 17.9 Å². The van der Waals surface area contributed by atoms with Gasteiger partial charge in [0.1, 0.15) is 5.69 Å². The van der Waals surface area contributed by atoms with Crippen LogP contribution in [0.4, 0.5) is 0 Å². The van der Waals surface area contributed by atoms with Gasteiger partial charge in [0.2, 0.25) is 5.91 Å². The predicted octanol–water partition coefficient (Wildman–Crippen LogP) is -0.986. The van der Waals surface area contributed by atoms with E-state index in [1.54, 1.807) is 24.7 Å². The van der Waals surface area contributed by atoms with Gasteiger partial charge in [0, 0.05) is 6.54 Å². The van der Waals surface area contributed by atoms with Crippen molar-refractivity contribution in [2.75, 3.05) is 6.54 Å². The number of carbonyl (C=O) groups excluding carboxylic acids is 1. The Morgan fingerprint density at radius 2 is 2.35 bits per heavy atom. The molecule has 0 atom stereocenters. The Bertz CT molecular complexity index is 369. The quantitative estimate of drug-likeness (QED) is 0.593. The van der Waals surface area contributed by atoms with Gasteiger partial charge in [0.15, 0.2) is 0 Å². The van der Waals surface area contributed by atoms with Gasteiger partial charge in [-0.15, -0.1) is 5.10 Å². The number of nitrogens with two attached hydrogens (primary N) is 1. The van der Waals surface area contributed by atoms with Crippen molar-refractivity contribution >= 4 is 5.91 Å². The van der Waals surface area contributed by atoms with Crippen LogP contribution in [-0.4, -0.2) is 38.2 Å². The van der Waals surface area contributed by atoms with E-state index < -0.39 is 5.60 Å². The number of nitrogens with zero attached hydrogens (tertiary/aromatic N) is 3. The first kappa shape index (κ1) is 13.6. The fourth-order valence-corrected chi connectivity index (χ4v) is 1.18. The zero-order valence-electron chi connectivity index (χ0n) is 10.2. The molecule has 1 amide bonds. The van der Waals surface area contributed by atoms with E-state index in [1.165, 1.54) is 0 Å². The average molecular weight is 241 g/mol. The number of carbonyl (C=O) groups is 1. The summed E-state index contributed by atoms with van der Waals surface area (Å²) in [7, 11) is 0. The molecule has 0 radical (unpaired) electrons. The molecule has 4 N–H and O–H groups in total. The van der Waals surface area contributed by atoms with Crippen LogP contribution in [0.2, 0.25) is 0 Å². The average Bonchev–Trinajstić information content (AvgIpc) is 2.70. The molecule has 1 heterocycles. The highest BCUT2D eigenvalue weighted by molar-refractivity contribution is 5.77. The van der Waals surface area contributed by atoms with Crippen LogP contribution in [0.15, 0.2) is 6.20 Å². The van der Waals surface area contributed by atoms with Crippen molar-refractivity contribution in [1.29, 1.82) is 0 Å². The molecule has 1 rings (SSSR count). The standard InChI is InChI=1S/C10H19N5O2/c1-10(2,17)3-4-15-7-8(13-14-15)6-12-9(16)5-11/h7,17H,3-6,11H2,1-2H3,(H,12,16). The van der Waals surface area contributed by atoms with Gasteiger partial charge in [-0.3, -0.25) is 9.48 Å². The number of amides is 1. The number of rotatable bonds is 6. The van der Waals surface area contributed by atoms with Crippen molar-refractivity contribution in [3.63, 3.8) is 0 Å². The lowest BCUT2D eigenvalue weighted by atomic mass is 10.1. The summed E-state index contributed by atoms with van der Waals surface area (Å²) in [5.41, 5.74) is 5.10. The molecule has 1 aromatic heterocycles. The predicted molar refractivity (Wildman–Crippen MR) is 61.8 cm³/mol. The van der Waals surface area contributed by atoms with Crippen LogP contribution in [0, 0.1) is 0 Å². The van der Waals surface area contributed by atoms with E-state index in [9.17, 15) is 9.90 Å². The van der Waals surface area contributed by atoms with Crippen LogP contribution in [0.25, 0.3) is 0 Å². The Morgan fingerprint density at radius 3 is 2.94 bits per heavy atom. The van der Waals surface area contributed by atoms with Crippen molar-refractivity contribution in [1.82, 2.24) is 20.3 Å². The SMILES string of the molecule is CC(C)(O)CCn1cc(CNC(=O)CN)nn1. The van der Waals surface area contributed by atoms with E-state index in [1.807, 2.05) is 0 Å². The molecule has 0 fully saturated rings. The van der Waals surface area contributed by atoms with Crippen molar-refractivity contribution in [2.24, 2.45) is 5.73 Å². The van der Waals surface area contributed by atoms with Crippen LogP contribution >= 0.6 is 0 Å². The fraction of sp³-hybridized carbons (Fsp3) is 0.700. The highest BCUT2D eigenvalue weighted by atomic mass is 16.3. The van der Waals surface area contributed by atoms with Gasteiger partial charge in [0.05, 0.1) is 24.9 Å². The molecule has 1 aromatic rings. The van der Waals surface area contributed by atoms with Crippen LogP contribution in [0.3, 0.4) is 0 Å². The third-order valence-electron chi connectivity index (χ3n) is 2.19. The van der Waals surface area contributed by atoms with Crippen molar-refractivity contribution < 1.29 is 9.90 Å². The molecule has 0 aliphatic rings. The minimum absolute atomic E-state index is 0.0349. The van der Waals surface area contributed by atoms with E-state index in [2.05, 4.69) is 15.6 Å². The van der Waals surface area contributed by atoms with Gasteiger partial charge >= 0.3 is 0 Å². The molecule has 0 saturated heterocycles. The Labute approximate surface area is 100.0 Å². The van der Waals surface area contributed by atoms with Gasteiger partial charge in [-0.1, -0.05) is 5.21 Å². The number of aromatic nitrogens is 3. The largest absolute Gasteiger partial charge is 0.390 e. The summed E-state index contributed by atoms with van der Waals surface area (Å²) in [4.78, 5) is 10.9. The minimum atomic E-state index is -0.722. The molecule has 7 nitrogen and oxygen atoms in total. The second-order valence-corrected chi connectivity index (χ2v) is 4.52. The Balaban J connectivity index is 2.40. The minimum Gasteiger partial charge on any atom is -0.390 e. The maximum atomic E-state index is 10.9. The van der Waals surface area contributed by atoms with E-state index in [4.69, 9.17) is 5.73 Å². The third kappa shape index (κ3) is 5.41. The lowest BCUT2D eigenvalue weighted by molar-refractivity contribution is -0.119. The highest BCUT2D eigenvalue weighted by Crippen LogP contribution is 2.08. The summed E-state index contributed by atoms with van der Waals surface area (Å²) >= 11 is 0. The van der Waals surface area contributed by atoms with Gasteiger partial charge in [-0.2, -0.15) is 0 Å². The Morgan fingerprint density at radius 1 is 1.65 bits per heavy atom. The third-order valence-corrected chi connectivity index (χ3v) is 2.19. The zero-order chi connectivity index (χ0) is 12.9. The summed E-state index contributed by atoms with van der Waals surface area (Å²) in [5, 5.41) is 20.0. The van der Waals surface area contributed by atoms with Gasteiger partial charge in [-0.05, 0) is 20.3 Å². The molecule has 0 aliphatic carbocycles. The van der Waals surface area contributed by atoms with Crippen LogP contribution in [0.5, 0.6) is 0 Å². The first-order valence-electron chi connectivity index (χ1n) is 5.49. The zero-order valence-corrected chi connectivity index (χ0v) is 10.2. The number of aryl methyl sites for hydroxylation is 1. The van der Waals surface area contributed by atoms with Crippen molar-refractivity contribution in [3.05, 3.63) is 11.9 Å². The second kappa shape index (κ2) is 5.74. The van der Waals surface area contributed by atoms with Gasteiger partial charge in [0.25, 0.3) is 0 Å². The highest BCUT2D eigenvalue weighted by Gasteiger charge is 2.12. The van der Waals surface area contributed by atoms with E-state index >= 15 is 0 Å². The topological polar surface area (TPSA) is 106 Å². The van der Waals surface area contributed by atoms with Crippen molar-refractivity contribution in [2.45, 2.75) is 39.0 Å². The van der Waals surface area contributed by atoms with Gasteiger partial charge < -0.3 is 16.2 Å². The summed E-state index contributed by atoms with van der Waals surface area (Å²) < 4.78 is 1.64. The maximum absolute atomic E-state index is 10.9.